The van der Waals surface area contributed by atoms with E-state index in [9.17, 15) is 8.78 Å². The van der Waals surface area contributed by atoms with Gasteiger partial charge in [0.25, 0.3) is 0 Å². The molecular weight excluding hydrogens is 390 g/mol. The largest absolute Gasteiger partial charge is 0.488 e. The summed E-state index contributed by atoms with van der Waals surface area (Å²) < 4.78 is 34.4. The third-order valence-electron chi connectivity index (χ3n) is 7.41. The maximum atomic E-state index is 14.9. The number of hydrogen-bond donors (Lipinski definition) is 0. The number of rotatable bonds is 10. The van der Waals surface area contributed by atoms with Gasteiger partial charge in [0.1, 0.15) is 0 Å². The Morgan fingerprint density at radius 1 is 1.00 bits per heavy atom. The maximum absolute atomic E-state index is 14.9. The molecule has 1 aromatic rings. The number of benzene rings is 1. The van der Waals surface area contributed by atoms with Crippen LogP contribution in [0.1, 0.15) is 95.5 Å². The molecule has 31 heavy (non-hydrogen) atoms. The molecule has 0 unspecified atom stereocenters. The zero-order valence-corrected chi connectivity index (χ0v) is 19.3. The lowest BCUT2D eigenvalue weighted by atomic mass is 9.77. The summed E-state index contributed by atoms with van der Waals surface area (Å²) in [6.45, 7) is 6.33. The molecule has 0 amide bonds. The highest BCUT2D eigenvalue weighted by Crippen LogP contribution is 2.40. The lowest BCUT2D eigenvalue weighted by Gasteiger charge is -2.29. The summed E-state index contributed by atoms with van der Waals surface area (Å²) in [6, 6.07) is 3.01. The van der Waals surface area contributed by atoms with Gasteiger partial charge in [0.05, 0.1) is 6.61 Å². The summed E-state index contributed by atoms with van der Waals surface area (Å²) in [6.07, 6.45) is 20.5. The van der Waals surface area contributed by atoms with Gasteiger partial charge >= 0.3 is 0 Å². The van der Waals surface area contributed by atoms with Crippen molar-refractivity contribution in [2.75, 3.05) is 6.61 Å². The Bertz CT molecular complexity index is 710. The van der Waals surface area contributed by atoms with Crippen molar-refractivity contribution in [2.24, 2.45) is 17.8 Å². The molecule has 0 radical (unpaired) electrons. The summed E-state index contributed by atoms with van der Waals surface area (Å²) in [5, 5.41) is 0. The van der Waals surface area contributed by atoms with E-state index in [1.807, 2.05) is 6.92 Å². The Labute approximate surface area is 188 Å². The van der Waals surface area contributed by atoms with Crippen molar-refractivity contribution in [3.63, 3.8) is 0 Å². The minimum absolute atomic E-state index is 0.180. The first-order chi connectivity index (χ1) is 15.1. The number of ether oxygens (including phenoxy) is 1. The molecule has 0 atom stereocenters. The van der Waals surface area contributed by atoms with Crippen molar-refractivity contribution in [3.05, 3.63) is 54.1 Å². The van der Waals surface area contributed by atoms with Gasteiger partial charge in [0, 0.05) is 0 Å². The third kappa shape index (κ3) is 6.92. The Morgan fingerprint density at radius 3 is 2.39 bits per heavy atom. The van der Waals surface area contributed by atoms with Crippen LogP contribution < -0.4 is 4.74 Å². The molecule has 0 aromatic heterocycles. The summed E-state index contributed by atoms with van der Waals surface area (Å²) in [7, 11) is 0. The predicted octanol–water partition coefficient (Wildman–Crippen LogP) is 8.75. The highest BCUT2D eigenvalue weighted by Gasteiger charge is 2.26. The van der Waals surface area contributed by atoms with Crippen LogP contribution in [0.3, 0.4) is 0 Å². The highest BCUT2D eigenvalue weighted by molar-refractivity contribution is 5.35. The van der Waals surface area contributed by atoms with Crippen molar-refractivity contribution >= 4 is 0 Å². The van der Waals surface area contributed by atoms with Gasteiger partial charge in [0.15, 0.2) is 17.4 Å². The summed E-state index contributed by atoms with van der Waals surface area (Å²) in [5.41, 5.74) is 0.640. The lowest BCUT2D eigenvalue weighted by Crippen LogP contribution is -2.15. The Kier molecular flexibility index (Phi) is 9.61. The molecule has 0 heterocycles. The zero-order chi connectivity index (χ0) is 22.1. The van der Waals surface area contributed by atoms with Crippen molar-refractivity contribution in [1.82, 2.24) is 0 Å². The van der Waals surface area contributed by atoms with E-state index in [1.165, 1.54) is 38.2 Å². The number of allylic oxidation sites excluding steroid dienone is 3. The molecular formula is C28H40F2O. The first-order valence-electron chi connectivity index (χ1n) is 12.5. The molecule has 2 aliphatic rings. The fourth-order valence-electron chi connectivity index (χ4n) is 5.27. The Hall–Kier alpha value is -1.64. The normalized spacial score (nSPS) is 26.8. The molecule has 2 saturated carbocycles. The molecule has 2 aliphatic carbocycles. The number of hydrogen-bond acceptors (Lipinski definition) is 1. The quantitative estimate of drug-likeness (QED) is 0.266. The maximum Gasteiger partial charge on any atom is 0.190 e. The fourth-order valence-corrected chi connectivity index (χ4v) is 5.27. The Morgan fingerprint density at radius 2 is 1.71 bits per heavy atom. The predicted molar refractivity (Wildman–Crippen MR) is 125 cm³/mol. The van der Waals surface area contributed by atoms with E-state index >= 15 is 0 Å². The van der Waals surface area contributed by atoms with E-state index in [-0.39, 0.29) is 11.7 Å². The molecule has 0 N–H and O–H groups in total. The van der Waals surface area contributed by atoms with E-state index in [2.05, 4.69) is 24.8 Å². The van der Waals surface area contributed by atoms with Crippen molar-refractivity contribution in [3.8, 4) is 5.75 Å². The standard InChI is InChI=1S/C28H40F2O/c1-3-5-20-31-28-26(29)19-18-25(27(28)30)24-16-14-23(15-17-24)9-7-6-8-22-12-10-21(4-2)11-13-22/h4,6,8,18-19,21-24H,2-3,5,7,9-17,20H2,1H3/b8-6+. The summed E-state index contributed by atoms with van der Waals surface area (Å²) in [4.78, 5) is 0. The van der Waals surface area contributed by atoms with Crippen LogP contribution >= 0.6 is 0 Å². The molecule has 3 rings (SSSR count). The van der Waals surface area contributed by atoms with Crippen LogP contribution in [0, 0.1) is 29.4 Å². The van der Waals surface area contributed by atoms with E-state index < -0.39 is 11.6 Å². The molecule has 0 aliphatic heterocycles. The second-order valence-electron chi connectivity index (χ2n) is 9.62. The molecule has 0 bridgehead atoms. The number of halogens is 2. The monoisotopic (exact) mass is 430 g/mol. The van der Waals surface area contributed by atoms with Gasteiger partial charge < -0.3 is 4.74 Å². The van der Waals surface area contributed by atoms with Gasteiger partial charge in [-0.15, -0.1) is 6.58 Å². The SMILES string of the molecule is C=CC1CCC(/C=C/CCC2CCC(c3ccc(F)c(OCCCC)c3F)CC2)CC1. The van der Waals surface area contributed by atoms with Crippen molar-refractivity contribution < 1.29 is 13.5 Å². The topological polar surface area (TPSA) is 9.23 Å². The number of unbranched alkanes of at least 4 members (excludes halogenated alkanes) is 1. The van der Waals surface area contributed by atoms with Gasteiger partial charge in [-0.1, -0.05) is 37.6 Å². The highest BCUT2D eigenvalue weighted by atomic mass is 19.1. The van der Waals surface area contributed by atoms with Crippen LogP contribution in [-0.4, -0.2) is 6.61 Å². The van der Waals surface area contributed by atoms with Crippen molar-refractivity contribution in [2.45, 2.75) is 89.9 Å². The van der Waals surface area contributed by atoms with E-state index in [1.54, 1.807) is 6.07 Å². The van der Waals surface area contributed by atoms with Crippen LogP contribution in [0.5, 0.6) is 5.75 Å². The van der Waals surface area contributed by atoms with Crippen molar-refractivity contribution in [1.29, 1.82) is 0 Å². The van der Waals surface area contributed by atoms with E-state index in [0.29, 0.717) is 12.2 Å². The van der Waals surface area contributed by atoms with Gasteiger partial charge in [-0.25, -0.2) is 8.78 Å². The first kappa shape index (κ1) is 24.0. The summed E-state index contributed by atoms with van der Waals surface area (Å²) >= 11 is 0. The Balaban J connectivity index is 1.43. The smallest absolute Gasteiger partial charge is 0.190 e. The fraction of sp³-hybridized carbons (Fsp3) is 0.643. The van der Waals surface area contributed by atoms with E-state index in [0.717, 1.165) is 62.7 Å². The van der Waals surface area contributed by atoms with Gasteiger partial charge in [-0.3, -0.25) is 0 Å². The van der Waals surface area contributed by atoms with Gasteiger partial charge in [0.2, 0.25) is 0 Å². The van der Waals surface area contributed by atoms with Gasteiger partial charge in [-0.05, 0) is 106 Å². The third-order valence-corrected chi connectivity index (χ3v) is 7.41. The zero-order valence-electron chi connectivity index (χ0n) is 19.3. The molecule has 2 fully saturated rings. The second kappa shape index (κ2) is 12.4. The molecule has 3 heteroatoms. The second-order valence-corrected chi connectivity index (χ2v) is 9.62. The minimum Gasteiger partial charge on any atom is -0.488 e. The average molecular weight is 431 g/mol. The van der Waals surface area contributed by atoms with Gasteiger partial charge in [-0.2, -0.15) is 0 Å². The first-order valence-corrected chi connectivity index (χ1v) is 12.5. The summed E-state index contributed by atoms with van der Waals surface area (Å²) in [5.74, 6) is 1.14. The molecule has 0 spiro atoms. The van der Waals surface area contributed by atoms with Crippen LogP contribution in [0.4, 0.5) is 8.78 Å². The van der Waals surface area contributed by atoms with Crippen LogP contribution in [-0.2, 0) is 0 Å². The van der Waals surface area contributed by atoms with Crippen LogP contribution in [0.25, 0.3) is 0 Å². The van der Waals surface area contributed by atoms with Crippen LogP contribution in [0.2, 0.25) is 0 Å². The van der Waals surface area contributed by atoms with E-state index in [4.69, 9.17) is 4.74 Å². The lowest BCUT2D eigenvalue weighted by molar-refractivity contribution is 0.271. The minimum atomic E-state index is -0.587. The average Bonchev–Trinajstić information content (AvgIpc) is 2.80. The van der Waals surface area contributed by atoms with Crippen LogP contribution in [0.15, 0.2) is 36.9 Å². The molecule has 0 saturated heterocycles. The molecule has 1 aromatic carbocycles. The molecule has 1 nitrogen and oxygen atoms in total. The molecule has 172 valence electrons.